The van der Waals surface area contributed by atoms with E-state index in [4.69, 9.17) is 11.6 Å². The molecule has 5 heteroatoms. The van der Waals surface area contributed by atoms with E-state index in [9.17, 15) is 9.18 Å². The molecular weight excluding hydrogens is 345 g/mol. The number of hydrogen-bond acceptors (Lipinski definition) is 1. The zero-order chi connectivity index (χ0) is 14.6. The molecule has 1 N–H and O–H groups in total. The van der Waals surface area contributed by atoms with Gasteiger partial charge >= 0.3 is 0 Å². The lowest BCUT2D eigenvalue weighted by Gasteiger charge is -2.35. The Hall–Kier alpha value is -0.610. The highest BCUT2D eigenvalue weighted by molar-refractivity contribution is 9.09. The van der Waals surface area contributed by atoms with Gasteiger partial charge in [0.1, 0.15) is 5.82 Å². The van der Waals surface area contributed by atoms with Crippen LogP contribution in [0.3, 0.4) is 0 Å². The van der Waals surface area contributed by atoms with E-state index >= 15 is 0 Å². The minimum absolute atomic E-state index is 0.0605. The van der Waals surface area contributed by atoms with Gasteiger partial charge in [-0.1, -0.05) is 52.9 Å². The highest BCUT2D eigenvalue weighted by atomic mass is 79.9. The van der Waals surface area contributed by atoms with Gasteiger partial charge in [0.2, 0.25) is 0 Å². The first-order valence-corrected chi connectivity index (χ1v) is 8.36. The minimum atomic E-state index is -0.577. The van der Waals surface area contributed by atoms with Gasteiger partial charge in [0.25, 0.3) is 5.91 Å². The summed E-state index contributed by atoms with van der Waals surface area (Å²) in [5.74, 6) is -1.01. The average molecular weight is 363 g/mol. The molecule has 1 aromatic rings. The molecule has 1 aromatic carbocycles. The lowest BCUT2D eigenvalue weighted by atomic mass is 9.75. The summed E-state index contributed by atoms with van der Waals surface area (Å²) in [7, 11) is 0. The van der Waals surface area contributed by atoms with Crippen LogP contribution in [0.1, 0.15) is 42.5 Å². The molecule has 2 nitrogen and oxygen atoms in total. The molecule has 0 atom stereocenters. The maximum absolute atomic E-state index is 13.7. The summed E-state index contributed by atoms with van der Waals surface area (Å²) in [5.41, 5.74) is 0.0285. The van der Waals surface area contributed by atoms with Crippen LogP contribution in [0.5, 0.6) is 0 Å². The molecule has 1 aliphatic rings. The van der Waals surface area contributed by atoms with Gasteiger partial charge in [0.05, 0.1) is 10.6 Å². The first-order valence-electron chi connectivity index (χ1n) is 6.86. The summed E-state index contributed by atoms with van der Waals surface area (Å²) >= 11 is 9.46. The van der Waals surface area contributed by atoms with Crippen molar-refractivity contribution in [2.24, 2.45) is 5.41 Å². The normalized spacial score (nSPS) is 17.8. The molecule has 20 heavy (non-hydrogen) atoms. The van der Waals surface area contributed by atoms with Gasteiger partial charge in [0, 0.05) is 11.9 Å². The zero-order valence-electron chi connectivity index (χ0n) is 11.2. The lowest BCUT2D eigenvalue weighted by Crippen LogP contribution is -2.40. The molecule has 0 heterocycles. The van der Waals surface area contributed by atoms with Crippen molar-refractivity contribution >= 4 is 33.4 Å². The van der Waals surface area contributed by atoms with Crippen LogP contribution in [0, 0.1) is 11.2 Å². The highest BCUT2D eigenvalue weighted by Gasteiger charge is 2.31. The van der Waals surface area contributed by atoms with E-state index in [1.54, 1.807) is 0 Å². The van der Waals surface area contributed by atoms with Gasteiger partial charge in [-0.25, -0.2) is 4.39 Å². The number of hydrogen-bond donors (Lipinski definition) is 1. The Kier molecular flexibility index (Phi) is 5.44. The molecule has 1 aliphatic carbocycles. The van der Waals surface area contributed by atoms with Gasteiger partial charge in [-0.2, -0.15) is 0 Å². The molecule has 2 rings (SSSR count). The van der Waals surface area contributed by atoms with E-state index in [-0.39, 0.29) is 16.0 Å². The van der Waals surface area contributed by atoms with Gasteiger partial charge in [-0.15, -0.1) is 0 Å². The number of nitrogens with one attached hydrogen (secondary N) is 1. The molecule has 1 amide bonds. The van der Waals surface area contributed by atoms with Gasteiger partial charge in [-0.3, -0.25) is 4.79 Å². The number of alkyl halides is 1. The molecule has 0 spiro atoms. The summed E-state index contributed by atoms with van der Waals surface area (Å²) in [6.45, 7) is 0.557. The van der Waals surface area contributed by atoms with Crippen LogP contribution in [0.2, 0.25) is 5.02 Å². The van der Waals surface area contributed by atoms with Gasteiger partial charge < -0.3 is 5.32 Å². The Morgan fingerprint density at radius 3 is 2.65 bits per heavy atom. The first-order chi connectivity index (χ1) is 9.58. The summed E-state index contributed by atoms with van der Waals surface area (Å²) < 4.78 is 13.7. The summed E-state index contributed by atoms with van der Waals surface area (Å²) in [6, 6.07) is 4.28. The third-order valence-electron chi connectivity index (χ3n) is 4.01. The fraction of sp³-hybridized carbons (Fsp3) is 0.533. The summed E-state index contributed by atoms with van der Waals surface area (Å²) in [6.07, 6.45) is 5.79. The van der Waals surface area contributed by atoms with E-state index in [0.29, 0.717) is 6.54 Å². The molecule has 0 aliphatic heterocycles. The van der Waals surface area contributed by atoms with Gasteiger partial charge in [0.15, 0.2) is 0 Å². The Balaban J connectivity index is 2.04. The molecule has 1 fully saturated rings. The second kappa shape index (κ2) is 6.90. The van der Waals surface area contributed by atoms with Crippen LogP contribution in [0.4, 0.5) is 4.39 Å². The molecule has 110 valence electrons. The van der Waals surface area contributed by atoms with Gasteiger partial charge in [-0.05, 0) is 30.4 Å². The molecule has 0 aromatic heterocycles. The standard InChI is InChI=1S/C15H18BrClFNO/c16-9-15(7-2-1-3-8-15)10-19-14(20)13-11(17)5-4-6-12(13)18/h4-6H,1-3,7-10H2,(H,19,20). The van der Waals surface area contributed by atoms with E-state index < -0.39 is 11.7 Å². The first kappa shape index (κ1) is 15.8. The smallest absolute Gasteiger partial charge is 0.255 e. The highest BCUT2D eigenvalue weighted by Crippen LogP contribution is 2.37. The Morgan fingerprint density at radius 1 is 1.35 bits per heavy atom. The number of carbonyl (C=O) groups excluding carboxylic acids is 1. The summed E-state index contributed by atoms with van der Waals surface area (Å²) in [4.78, 5) is 12.1. The van der Waals surface area contributed by atoms with Crippen LogP contribution in [-0.4, -0.2) is 17.8 Å². The lowest BCUT2D eigenvalue weighted by molar-refractivity contribution is 0.0918. The monoisotopic (exact) mass is 361 g/mol. The number of amides is 1. The Bertz CT molecular complexity index is 469. The molecule has 1 saturated carbocycles. The number of benzene rings is 1. The van der Waals surface area contributed by atoms with E-state index in [0.717, 1.165) is 18.2 Å². The largest absolute Gasteiger partial charge is 0.351 e. The minimum Gasteiger partial charge on any atom is -0.351 e. The number of carbonyl (C=O) groups is 1. The SMILES string of the molecule is O=C(NCC1(CBr)CCCCC1)c1c(F)cccc1Cl. The fourth-order valence-corrected chi connectivity index (χ4v) is 3.74. The number of halogens is 3. The van der Waals surface area contributed by atoms with Crippen LogP contribution in [0.25, 0.3) is 0 Å². The van der Waals surface area contributed by atoms with Crippen molar-refractivity contribution in [1.29, 1.82) is 0 Å². The van der Waals surface area contributed by atoms with Crippen molar-refractivity contribution in [3.63, 3.8) is 0 Å². The summed E-state index contributed by atoms with van der Waals surface area (Å²) in [5, 5.41) is 3.85. The zero-order valence-corrected chi connectivity index (χ0v) is 13.6. The third-order valence-corrected chi connectivity index (χ3v) is 5.52. The van der Waals surface area contributed by atoms with E-state index in [2.05, 4.69) is 21.2 Å². The van der Waals surface area contributed by atoms with Crippen LogP contribution in [0.15, 0.2) is 18.2 Å². The predicted molar refractivity (Wildman–Crippen MR) is 83.1 cm³/mol. The molecule has 0 saturated heterocycles. The Labute approximate surface area is 132 Å². The molecule has 0 unspecified atom stereocenters. The predicted octanol–water partition coefficient (Wildman–Crippen LogP) is 4.55. The maximum Gasteiger partial charge on any atom is 0.255 e. The second-order valence-electron chi connectivity index (χ2n) is 5.47. The molecular formula is C15H18BrClFNO. The van der Waals surface area contributed by atoms with Crippen LogP contribution >= 0.6 is 27.5 Å². The van der Waals surface area contributed by atoms with Crippen molar-refractivity contribution in [2.75, 3.05) is 11.9 Å². The quantitative estimate of drug-likeness (QED) is 0.782. The maximum atomic E-state index is 13.7. The van der Waals surface area contributed by atoms with Crippen molar-refractivity contribution in [3.8, 4) is 0 Å². The molecule has 0 radical (unpaired) electrons. The Morgan fingerprint density at radius 2 is 2.05 bits per heavy atom. The van der Waals surface area contributed by atoms with E-state index in [1.165, 1.54) is 37.5 Å². The second-order valence-corrected chi connectivity index (χ2v) is 6.44. The van der Waals surface area contributed by atoms with Crippen molar-refractivity contribution in [3.05, 3.63) is 34.6 Å². The average Bonchev–Trinajstić information content (AvgIpc) is 2.46. The van der Waals surface area contributed by atoms with E-state index in [1.807, 2.05) is 0 Å². The fourth-order valence-electron chi connectivity index (χ4n) is 2.73. The molecule has 0 bridgehead atoms. The third kappa shape index (κ3) is 3.53. The van der Waals surface area contributed by atoms with Crippen LogP contribution in [-0.2, 0) is 0 Å². The van der Waals surface area contributed by atoms with Crippen molar-refractivity contribution in [1.82, 2.24) is 5.32 Å². The van der Waals surface area contributed by atoms with Crippen molar-refractivity contribution in [2.45, 2.75) is 32.1 Å². The number of rotatable bonds is 4. The van der Waals surface area contributed by atoms with Crippen LogP contribution < -0.4 is 5.32 Å². The topological polar surface area (TPSA) is 29.1 Å². The van der Waals surface area contributed by atoms with Crippen molar-refractivity contribution < 1.29 is 9.18 Å².